The largest absolute Gasteiger partial charge is 0.350 e. The summed E-state index contributed by atoms with van der Waals surface area (Å²) < 4.78 is 12.9. The number of benzene rings is 1. The Bertz CT molecular complexity index is 680. The van der Waals surface area contributed by atoms with Gasteiger partial charge in [0.2, 0.25) is 11.8 Å². The lowest BCUT2D eigenvalue weighted by atomic mass is 10.2. The van der Waals surface area contributed by atoms with E-state index in [1.54, 1.807) is 30.6 Å². The van der Waals surface area contributed by atoms with Gasteiger partial charge >= 0.3 is 0 Å². The number of hydrogen-bond acceptors (Lipinski definition) is 4. The molecule has 0 bridgehead atoms. The molecule has 24 heavy (non-hydrogen) atoms. The number of rotatable bonds is 7. The first-order chi connectivity index (χ1) is 11.5. The van der Waals surface area contributed by atoms with Gasteiger partial charge in [0.05, 0.1) is 0 Å². The molecule has 1 heterocycles. The van der Waals surface area contributed by atoms with E-state index in [0.717, 1.165) is 10.5 Å². The minimum atomic E-state index is -0.672. The molecule has 0 fully saturated rings. The zero-order valence-corrected chi connectivity index (χ0v) is 14.0. The van der Waals surface area contributed by atoms with E-state index in [2.05, 4.69) is 15.6 Å². The van der Waals surface area contributed by atoms with Crippen LogP contribution in [0, 0.1) is 5.82 Å². The lowest BCUT2D eigenvalue weighted by Crippen LogP contribution is -2.47. The molecule has 2 amide bonds. The SMILES string of the molecule is CC(=O)NC(CSc1ccc(F)cc1)C(=O)NCc1cccnc1. The number of amides is 2. The fraction of sp³-hybridized carbons (Fsp3) is 0.235. The van der Waals surface area contributed by atoms with Gasteiger partial charge in [0.15, 0.2) is 0 Å². The molecule has 0 aliphatic carbocycles. The average Bonchev–Trinajstić information content (AvgIpc) is 2.58. The van der Waals surface area contributed by atoms with Crippen molar-refractivity contribution in [3.8, 4) is 0 Å². The van der Waals surface area contributed by atoms with Crippen molar-refractivity contribution in [2.24, 2.45) is 0 Å². The Morgan fingerprint density at radius 2 is 2.00 bits per heavy atom. The van der Waals surface area contributed by atoms with E-state index in [1.807, 2.05) is 6.07 Å². The van der Waals surface area contributed by atoms with Gasteiger partial charge in [-0.2, -0.15) is 0 Å². The summed E-state index contributed by atoms with van der Waals surface area (Å²) in [6.07, 6.45) is 3.33. The third-order valence-corrected chi connectivity index (χ3v) is 4.22. The van der Waals surface area contributed by atoms with Gasteiger partial charge in [-0.1, -0.05) is 6.07 Å². The summed E-state index contributed by atoms with van der Waals surface area (Å²) in [6, 6.07) is 8.97. The van der Waals surface area contributed by atoms with E-state index >= 15 is 0 Å². The fourth-order valence-corrected chi connectivity index (χ4v) is 2.88. The summed E-state index contributed by atoms with van der Waals surface area (Å²) in [6.45, 7) is 1.70. The summed E-state index contributed by atoms with van der Waals surface area (Å²) in [5, 5.41) is 5.42. The van der Waals surface area contributed by atoms with Crippen LogP contribution in [0.1, 0.15) is 12.5 Å². The molecule has 1 atom stereocenters. The smallest absolute Gasteiger partial charge is 0.243 e. The molecule has 1 unspecified atom stereocenters. The van der Waals surface area contributed by atoms with Crippen LogP contribution in [0.2, 0.25) is 0 Å². The zero-order chi connectivity index (χ0) is 17.4. The fourth-order valence-electron chi connectivity index (χ4n) is 1.95. The van der Waals surface area contributed by atoms with Crippen LogP contribution in [-0.2, 0) is 16.1 Å². The molecule has 7 heteroatoms. The van der Waals surface area contributed by atoms with E-state index in [9.17, 15) is 14.0 Å². The second-order valence-electron chi connectivity index (χ2n) is 5.10. The van der Waals surface area contributed by atoms with E-state index in [-0.39, 0.29) is 17.6 Å². The molecule has 1 aromatic carbocycles. The number of carbonyl (C=O) groups excluding carboxylic acids is 2. The number of hydrogen-bond donors (Lipinski definition) is 2. The van der Waals surface area contributed by atoms with Crippen molar-refractivity contribution in [3.05, 3.63) is 60.2 Å². The number of aromatic nitrogens is 1. The normalized spacial score (nSPS) is 11.6. The molecule has 1 aromatic heterocycles. The van der Waals surface area contributed by atoms with E-state index < -0.39 is 6.04 Å². The lowest BCUT2D eigenvalue weighted by Gasteiger charge is -2.17. The van der Waals surface area contributed by atoms with Crippen LogP contribution in [0.3, 0.4) is 0 Å². The van der Waals surface area contributed by atoms with E-state index in [0.29, 0.717) is 12.3 Å². The predicted molar refractivity (Wildman–Crippen MR) is 90.8 cm³/mol. The molecule has 5 nitrogen and oxygen atoms in total. The second kappa shape index (κ2) is 9.02. The van der Waals surface area contributed by atoms with Crippen molar-refractivity contribution in [2.45, 2.75) is 24.4 Å². The molecule has 126 valence electrons. The maximum absolute atomic E-state index is 12.9. The minimum Gasteiger partial charge on any atom is -0.350 e. The molecular weight excluding hydrogens is 329 g/mol. The van der Waals surface area contributed by atoms with Crippen LogP contribution in [0.15, 0.2) is 53.7 Å². The molecule has 2 aromatic rings. The molecule has 0 saturated heterocycles. The Morgan fingerprint density at radius 3 is 2.62 bits per heavy atom. The van der Waals surface area contributed by atoms with Gasteiger partial charge in [-0.25, -0.2) is 4.39 Å². The summed E-state index contributed by atoms with van der Waals surface area (Å²) in [5.41, 5.74) is 0.874. The first-order valence-corrected chi connectivity index (χ1v) is 8.35. The maximum Gasteiger partial charge on any atom is 0.243 e. The van der Waals surface area contributed by atoms with E-state index in [1.165, 1.54) is 30.8 Å². The Labute approximate surface area is 144 Å². The average molecular weight is 347 g/mol. The Kier molecular flexibility index (Phi) is 6.74. The lowest BCUT2D eigenvalue weighted by molar-refractivity contribution is -0.127. The number of nitrogens with one attached hydrogen (secondary N) is 2. The second-order valence-corrected chi connectivity index (χ2v) is 6.19. The zero-order valence-electron chi connectivity index (χ0n) is 13.2. The first kappa shape index (κ1) is 17.9. The van der Waals surface area contributed by atoms with Gasteiger partial charge in [-0.3, -0.25) is 14.6 Å². The van der Waals surface area contributed by atoms with Gasteiger partial charge in [-0.15, -0.1) is 11.8 Å². The van der Waals surface area contributed by atoms with Crippen molar-refractivity contribution < 1.29 is 14.0 Å². The number of nitrogens with zero attached hydrogens (tertiary/aromatic N) is 1. The van der Waals surface area contributed by atoms with Crippen LogP contribution in [0.25, 0.3) is 0 Å². The topological polar surface area (TPSA) is 71.1 Å². The summed E-state index contributed by atoms with van der Waals surface area (Å²) in [4.78, 5) is 28.4. The highest BCUT2D eigenvalue weighted by Crippen LogP contribution is 2.19. The number of pyridine rings is 1. The first-order valence-electron chi connectivity index (χ1n) is 7.36. The third-order valence-electron chi connectivity index (χ3n) is 3.11. The van der Waals surface area contributed by atoms with Crippen LogP contribution in [0.5, 0.6) is 0 Å². The molecule has 0 aliphatic heterocycles. The highest BCUT2D eigenvalue weighted by Gasteiger charge is 2.19. The molecule has 0 spiro atoms. The third kappa shape index (κ3) is 6.00. The van der Waals surface area contributed by atoms with Gasteiger partial charge in [0.25, 0.3) is 0 Å². The Morgan fingerprint density at radius 1 is 1.25 bits per heavy atom. The highest BCUT2D eigenvalue weighted by atomic mass is 32.2. The van der Waals surface area contributed by atoms with Crippen LogP contribution in [-0.4, -0.2) is 28.6 Å². The van der Waals surface area contributed by atoms with Crippen LogP contribution < -0.4 is 10.6 Å². The van der Waals surface area contributed by atoms with Crippen molar-refractivity contribution in [2.75, 3.05) is 5.75 Å². The van der Waals surface area contributed by atoms with Crippen molar-refractivity contribution in [1.82, 2.24) is 15.6 Å². The Hall–Kier alpha value is -2.41. The molecular formula is C17H18FN3O2S. The van der Waals surface area contributed by atoms with Gasteiger partial charge < -0.3 is 10.6 Å². The van der Waals surface area contributed by atoms with Crippen LogP contribution in [0.4, 0.5) is 4.39 Å². The monoisotopic (exact) mass is 347 g/mol. The summed E-state index contributed by atoms with van der Waals surface area (Å²) >= 11 is 1.37. The maximum atomic E-state index is 12.9. The standard InChI is InChI=1S/C17H18FN3O2S/c1-12(22)21-16(11-24-15-6-4-14(18)5-7-15)17(23)20-10-13-3-2-8-19-9-13/h2-9,16H,10-11H2,1H3,(H,20,23)(H,21,22). The molecule has 0 radical (unpaired) electrons. The molecule has 2 rings (SSSR count). The Balaban J connectivity index is 1.92. The van der Waals surface area contributed by atoms with Gasteiger partial charge in [-0.05, 0) is 35.9 Å². The quantitative estimate of drug-likeness (QED) is 0.753. The number of halogens is 1. The summed E-state index contributed by atoms with van der Waals surface area (Å²) in [7, 11) is 0. The summed E-state index contributed by atoms with van der Waals surface area (Å²) in [5.74, 6) is -0.517. The molecule has 0 saturated carbocycles. The van der Waals surface area contributed by atoms with Crippen molar-refractivity contribution in [1.29, 1.82) is 0 Å². The van der Waals surface area contributed by atoms with Crippen LogP contribution >= 0.6 is 11.8 Å². The van der Waals surface area contributed by atoms with Crippen molar-refractivity contribution >= 4 is 23.6 Å². The van der Waals surface area contributed by atoms with Crippen molar-refractivity contribution in [3.63, 3.8) is 0 Å². The predicted octanol–water partition coefficient (Wildman–Crippen LogP) is 2.13. The van der Waals surface area contributed by atoms with Gasteiger partial charge in [0.1, 0.15) is 11.9 Å². The molecule has 0 aliphatic rings. The molecule has 2 N–H and O–H groups in total. The highest BCUT2D eigenvalue weighted by molar-refractivity contribution is 7.99. The number of carbonyl (C=O) groups is 2. The number of thioether (sulfide) groups is 1. The minimum absolute atomic E-state index is 0.274. The van der Waals surface area contributed by atoms with E-state index in [4.69, 9.17) is 0 Å². The van der Waals surface area contributed by atoms with Gasteiger partial charge in [0, 0.05) is 36.5 Å².